The van der Waals surface area contributed by atoms with Crippen molar-refractivity contribution < 1.29 is 14.7 Å². The van der Waals surface area contributed by atoms with Crippen molar-refractivity contribution in [1.82, 2.24) is 9.97 Å². The third kappa shape index (κ3) is 2.59. The van der Waals surface area contributed by atoms with Gasteiger partial charge >= 0.3 is 5.97 Å². The van der Waals surface area contributed by atoms with E-state index in [1.54, 1.807) is 24.4 Å². The number of anilines is 1. The van der Waals surface area contributed by atoms with Crippen molar-refractivity contribution in [2.45, 2.75) is 0 Å². The highest BCUT2D eigenvalue weighted by Gasteiger charge is 2.10. The van der Waals surface area contributed by atoms with E-state index in [4.69, 9.17) is 5.11 Å². The van der Waals surface area contributed by atoms with Crippen LogP contribution in [0.25, 0.3) is 10.9 Å². The standard InChI is InChI=1S/C15H11N3O3/c19-14(10-1-2-12-9(7-10)3-5-16-12)18-11-4-6-17-13(8-11)15(20)21/h1-8,16H,(H,20,21)(H,17,18,19). The number of amides is 1. The van der Waals surface area contributed by atoms with Crippen LogP contribution in [0.2, 0.25) is 0 Å². The van der Waals surface area contributed by atoms with Gasteiger partial charge in [0, 0.05) is 34.5 Å². The quantitative estimate of drug-likeness (QED) is 0.687. The van der Waals surface area contributed by atoms with Gasteiger partial charge in [-0.25, -0.2) is 9.78 Å². The van der Waals surface area contributed by atoms with Gasteiger partial charge in [-0.15, -0.1) is 0 Å². The minimum atomic E-state index is -1.14. The summed E-state index contributed by atoms with van der Waals surface area (Å²) in [5.74, 6) is -1.44. The normalized spacial score (nSPS) is 10.5. The Kier molecular flexibility index (Phi) is 3.12. The topological polar surface area (TPSA) is 95.1 Å². The first-order chi connectivity index (χ1) is 10.1. The first kappa shape index (κ1) is 12.9. The van der Waals surface area contributed by atoms with Crippen molar-refractivity contribution in [2.75, 3.05) is 5.32 Å². The number of aromatic amines is 1. The van der Waals surface area contributed by atoms with Crippen molar-refractivity contribution in [1.29, 1.82) is 0 Å². The van der Waals surface area contributed by atoms with E-state index in [0.717, 1.165) is 10.9 Å². The van der Waals surface area contributed by atoms with Gasteiger partial charge in [0.2, 0.25) is 0 Å². The Balaban J connectivity index is 1.85. The van der Waals surface area contributed by atoms with Gasteiger partial charge in [0.15, 0.2) is 0 Å². The Morgan fingerprint density at radius 1 is 1.14 bits per heavy atom. The molecule has 0 radical (unpaired) electrons. The van der Waals surface area contributed by atoms with E-state index >= 15 is 0 Å². The maximum atomic E-state index is 12.2. The van der Waals surface area contributed by atoms with Gasteiger partial charge in [-0.2, -0.15) is 0 Å². The predicted molar refractivity (Wildman–Crippen MR) is 77.4 cm³/mol. The number of carboxylic acid groups (broad SMARTS) is 1. The van der Waals surface area contributed by atoms with Gasteiger partial charge in [0.1, 0.15) is 5.69 Å². The Bertz CT molecular complexity index is 839. The molecule has 6 heteroatoms. The molecular formula is C15H11N3O3. The number of rotatable bonds is 3. The minimum Gasteiger partial charge on any atom is -0.477 e. The van der Waals surface area contributed by atoms with Gasteiger partial charge in [0.05, 0.1) is 0 Å². The van der Waals surface area contributed by atoms with Gasteiger partial charge in [-0.05, 0) is 36.4 Å². The smallest absolute Gasteiger partial charge is 0.354 e. The second-order valence-corrected chi connectivity index (χ2v) is 4.47. The SMILES string of the molecule is O=C(Nc1ccnc(C(=O)O)c1)c1ccc2[nH]ccc2c1. The Labute approximate surface area is 119 Å². The highest BCUT2D eigenvalue weighted by atomic mass is 16.4. The molecule has 3 rings (SSSR count). The fraction of sp³-hybridized carbons (Fsp3) is 0. The minimum absolute atomic E-state index is 0.117. The van der Waals surface area contributed by atoms with E-state index in [-0.39, 0.29) is 11.6 Å². The molecule has 0 aliphatic carbocycles. The van der Waals surface area contributed by atoms with E-state index in [1.807, 2.05) is 12.1 Å². The summed E-state index contributed by atoms with van der Waals surface area (Å²) in [6, 6.07) is 10.0. The molecule has 1 aromatic carbocycles. The number of carboxylic acids is 1. The van der Waals surface area contributed by atoms with E-state index < -0.39 is 5.97 Å². The molecule has 3 N–H and O–H groups in total. The van der Waals surface area contributed by atoms with Crippen LogP contribution in [0, 0.1) is 0 Å². The number of aromatic carboxylic acids is 1. The number of hydrogen-bond acceptors (Lipinski definition) is 3. The summed E-state index contributed by atoms with van der Waals surface area (Å²) in [7, 11) is 0. The summed E-state index contributed by atoms with van der Waals surface area (Å²) < 4.78 is 0. The van der Waals surface area contributed by atoms with Gasteiger partial charge in [-0.1, -0.05) is 0 Å². The van der Waals surface area contributed by atoms with Gasteiger partial charge in [-0.3, -0.25) is 4.79 Å². The number of nitrogens with one attached hydrogen (secondary N) is 2. The molecule has 0 saturated carbocycles. The molecule has 21 heavy (non-hydrogen) atoms. The highest BCUT2D eigenvalue weighted by Crippen LogP contribution is 2.16. The molecule has 104 valence electrons. The number of H-pyrrole nitrogens is 1. The molecule has 0 atom stereocenters. The summed E-state index contributed by atoms with van der Waals surface area (Å²) in [5.41, 5.74) is 1.72. The van der Waals surface area contributed by atoms with Crippen LogP contribution in [0.3, 0.4) is 0 Å². The molecule has 0 aliphatic rings. The molecule has 0 unspecified atom stereocenters. The molecule has 1 amide bonds. The summed E-state index contributed by atoms with van der Waals surface area (Å²) in [6.45, 7) is 0. The van der Waals surface area contributed by atoms with Crippen molar-refractivity contribution in [2.24, 2.45) is 0 Å². The average molecular weight is 281 g/mol. The average Bonchev–Trinajstić information content (AvgIpc) is 2.94. The Morgan fingerprint density at radius 2 is 2.00 bits per heavy atom. The zero-order valence-electron chi connectivity index (χ0n) is 10.8. The molecule has 2 heterocycles. The maximum absolute atomic E-state index is 12.2. The van der Waals surface area contributed by atoms with Crippen molar-refractivity contribution in [3.05, 3.63) is 60.0 Å². The molecule has 0 saturated heterocycles. The number of fused-ring (bicyclic) bond motifs is 1. The number of aromatic nitrogens is 2. The summed E-state index contributed by atoms with van der Waals surface area (Å²) in [4.78, 5) is 29.8. The zero-order chi connectivity index (χ0) is 14.8. The van der Waals surface area contributed by atoms with E-state index in [2.05, 4.69) is 15.3 Å². The third-order valence-corrected chi connectivity index (χ3v) is 3.05. The summed E-state index contributed by atoms with van der Waals surface area (Å²) >= 11 is 0. The van der Waals surface area contributed by atoms with E-state index in [1.165, 1.54) is 12.3 Å². The van der Waals surface area contributed by atoms with Crippen LogP contribution in [0.1, 0.15) is 20.8 Å². The zero-order valence-corrected chi connectivity index (χ0v) is 10.8. The van der Waals surface area contributed by atoms with Crippen LogP contribution in [0.4, 0.5) is 5.69 Å². The lowest BCUT2D eigenvalue weighted by Crippen LogP contribution is -2.12. The largest absolute Gasteiger partial charge is 0.477 e. The lowest BCUT2D eigenvalue weighted by molar-refractivity contribution is 0.0690. The molecule has 0 fully saturated rings. The van der Waals surface area contributed by atoms with Crippen LogP contribution >= 0.6 is 0 Å². The molecule has 0 aliphatic heterocycles. The first-order valence-electron chi connectivity index (χ1n) is 6.21. The van der Waals surface area contributed by atoms with E-state index in [0.29, 0.717) is 11.3 Å². The second kappa shape index (κ2) is 5.09. The molecule has 0 bridgehead atoms. The van der Waals surface area contributed by atoms with E-state index in [9.17, 15) is 9.59 Å². The second-order valence-electron chi connectivity index (χ2n) is 4.47. The maximum Gasteiger partial charge on any atom is 0.354 e. The van der Waals surface area contributed by atoms with Gasteiger partial charge < -0.3 is 15.4 Å². The molecule has 0 spiro atoms. The number of nitrogens with zero attached hydrogens (tertiary/aromatic N) is 1. The molecule has 6 nitrogen and oxygen atoms in total. The number of pyridine rings is 1. The Morgan fingerprint density at radius 3 is 2.81 bits per heavy atom. The van der Waals surface area contributed by atoms with Crippen LogP contribution in [-0.2, 0) is 0 Å². The lowest BCUT2D eigenvalue weighted by Gasteiger charge is -2.06. The highest BCUT2D eigenvalue weighted by molar-refractivity contribution is 6.06. The summed E-state index contributed by atoms with van der Waals surface area (Å²) in [5, 5.41) is 12.5. The fourth-order valence-electron chi connectivity index (χ4n) is 2.02. The molecule has 3 aromatic rings. The number of benzene rings is 1. The Hall–Kier alpha value is -3.15. The van der Waals surface area contributed by atoms with Crippen LogP contribution in [0.5, 0.6) is 0 Å². The number of carbonyl (C=O) groups is 2. The number of hydrogen-bond donors (Lipinski definition) is 3. The monoisotopic (exact) mass is 281 g/mol. The molecular weight excluding hydrogens is 270 g/mol. The van der Waals surface area contributed by atoms with Crippen LogP contribution in [0.15, 0.2) is 48.8 Å². The predicted octanol–water partition coefficient (Wildman–Crippen LogP) is 2.51. The summed E-state index contributed by atoms with van der Waals surface area (Å²) in [6.07, 6.45) is 3.14. The van der Waals surface area contributed by atoms with Crippen molar-refractivity contribution >= 4 is 28.5 Å². The van der Waals surface area contributed by atoms with Crippen LogP contribution in [-0.4, -0.2) is 27.0 Å². The first-order valence-corrected chi connectivity index (χ1v) is 6.21. The van der Waals surface area contributed by atoms with Gasteiger partial charge in [0.25, 0.3) is 5.91 Å². The fourth-order valence-corrected chi connectivity index (χ4v) is 2.02. The van der Waals surface area contributed by atoms with Crippen molar-refractivity contribution in [3.8, 4) is 0 Å². The van der Waals surface area contributed by atoms with Crippen LogP contribution < -0.4 is 5.32 Å². The number of carbonyl (C=O) groups excluding carboxylic acids is 1. The van der Waals surface area contributed by atoms with Crippen molar-refractivity contribution in [3.63, 3.8) is 0 Å². The third-order valence-electron chi connectivity index (χ3n) is 3.05. The molecule has 2 aromatic heterocycles. The lowest BCUT2D eigenvalue weighted by atomic mass is 10.1.